The lowest BCUT2D eigenvalue weighted by Crippen LogP contribution is -2.47. The quantitative estimate of drug-likeness (QED) is 0.812. The SMILES string of the molecule is C[C@@H]1C[C@@H]1c1ccc(CN(CC(N)=O)C[C@H]2CN(C)CCO2)o1. The summed E-state index contributed by atoms with van der Waals surface area (Å²) < 4.78 is 11.8. The van der Waals surface area contributed by atoms with Crippen molar-refractivity contribution >= 4 is 5.91 Å². The van der Waals surface area contributed by atoms with E-state index in [1.54, 1.807) is 0 Å². The van der Waals surface area contributed by atoms with Crippen molar-refractivity contribution in [3.8, 4) is 0 Å². The number of nitrogens with two attached hydrogens (primary N) is 1. The maximum atomic E-state index is 11.4. The minimum Gasteiger partial charge on any atom is -0.464 e. The molecule has 0 aromatic carbocycles. The van der Waals surface area contributed by atoms with Crippen molar-refractivity contribution in [3.63, 3.8) is 0 Å². The average Bonchev–Trinajstić information content (AvgIpc) is 3.02. The first kappa shape index (κ1) is 16.5. The molecule has 1 aliphatic carbocycles. The third-order valence-corrected chi connectivity index (χ3v) is 4.72. The zero-order chi connectivity index (χ0) is 16.4. The third kappa shape index (κ3) is 4.56. The fourth-order valence-electron chi connectivity index (χ4n) is 3.29. The molecule has 2 fully saturated rings. The molecular weight excluding hydrogens is 294 g/mol. The molecule has 2 aliphatic rings. The number of likely N-dealkylation sites (N-methyl/N-ethyl adjacent to an activating group) is 1. The molecule has 3 atom stereocenters. The van der Waals surface area contributed by atoms with Gasteiger partial charge in [-0.25, -0.2) is 0 Å². The number of carbonyl (C=O) groups excluding carboxylic acids is 1. The first-order valence-electron chi connectivity index (χ1n) is 8.40. The molecule has 1 saturated carbocycles. The summed E-state index contributed by atoms with van der Waals surface area (Å²) in [7, 11) is 2.09. The molecule has 1 aliphatic heterocycles. The highest BCUT2D eigenvalue weighted by Crippen LogP contribution is 2.47. The number of hydrogen-bond acceptors (Lipinski definition) is 5. The standard InChI is InChI=1S/C17H27N3O3/c1-12-7-15(12)16-4-3-13(23-16)9-20(11-17(18)21)10-14-8-19(2)5-6-22-14/h3-4,12,14-15H,5-11H2,1-2H3,(H2,18,21)/t12-,14-,15+/m1/s1. The lowest BCUT2D eigenvalue weighted by Gasteiger charge is -2.33. The van der Waals surface area contributed by atoms with Crippen LogP contribution in [0, 0.1) is 5.92 Å². The summed E-state index contributed by atoms with van der Waals surface area (Å²) in [6.07, 6.45) is 1.31. The Kier molecular flexibility index (Phi) is 5.04. The largest absolute Gasteiger partial charge is 0.464 e. The summed E-state index contributed by atoms with van der Waals surface area (Å²) in [5.41, 5.74) is 5.40. The van der Waals surface area contributed by atoms with Crippen LogP contribution in [0.3, 0.4) is 0 Å². The highest BCUT2D eigenvalue weighted by Gasteiger charge is 2.36. The van der Waals surface area contributed by atoms with Gasteiger partial charge in [0.1, 0.15) is 11.5 Å². The van der Waals surface area contributed by atoms with Gasteiger partial charge in [-0.3, -0.25) is 9.69 Å². The summed E-state index contributed by atoms with van der Waals surface area (Å²) >= 11 is 0. The minimum absolute atomic E-state index is 0.103. The Labute approximate surface area is 137 Å². The molecule has 0 radical (unpaired) electrons. The molecule has 6 heteroatoms. The van der Waals surface area contributed by atoms with Gasteiger partial charge in [0.05, 0.1) is 25.8 Å². The van der Waals surface area contributed by atoms with Crippen LogP contribution in [0.25, 0.3) is 0 Å². The van der Waals surface area contributed by atoms with E-state index in [0.717, 1.165) is 37.1 Å². The van der Waals surface area contributed by atoms with E-state index in [4.69, 9.17) is 14.9 Å². The molecule has 3 rings (SSSR count). The fraction of sp³-hybridized carbons (Fsp3) is 0.706. The fourth-order valence-corrected chi connectivity index (χ4v) is 3.29. The number of ether oxygens (including phenoxy) is 1. The monoisotopic (exact) mass is 321 g/mol. The van der Waals surface area contributed by atoms with Gasteiger partial charge in [0.25, 0.3) is 0 Å². The molecule has 1 saturated heterocycles. The van der Waals surface area contributed by atoms with Crippen molar-refractivity contribution in [2.75, 3.05) is 39.8 Å². The molecule has 1 aromatic heterocycles. The third-order valence-electron chi connectivity index (χ3n) is 4.72. The van der Waals surface area contributed by atoms with E-state index in [1.807, 2.05) is 11.0 Å². The van der Waals surface area contributed by atoms with Gasteiger partial charge in [0, 0.05) is 25.6 Å². The number of hydrogen-bond donors (Lipinski definition) is 1. The van der Waals surface area contributed by atoms with Crippen LogP contribution >= 0.6 is 0 Å². The maximum Gasteiger partial charge on any atom is 0.231 e. The number of primary amides is 1. The van der Waals surface area contributed by atoms with Gasteiger partial charge in [-0.1, -0.05) is 6.92 Å². The van der Waals surface area contributed by atoms with Crippen molar-refractivity contribution < 1.29 is 13.9 Å². The molecule has 2 N–H and O–H groups in total. The second-order valence-corrected chi connectivity index (χ2v) is 7.01. The van der Waals surface area contributed by atoms with Gasteiger partial charge in [-0.05, 0) is 31.5 Å². The van der Waals surface area contributed by atoms with Crippen LogP contribution < -0.4 is 5.73 Å². The zero-order valence-electron chi connectivity index (χ0n) is 14.0. The number of carbonyl (C=O) groups is 1. The molecular formula is C17H27N3O3. The van der Waals surface area contributed by atoms with E-state index in [2.05, 4.69) is 24.9 Å². The van der Waals surface area contributed by atoms with Crippen molar-refractivity contribution in [1.29, 1.82) is 0 Å². The number of morpholine rings is 1. The Morgan fingerprint density at radius 3 is 2.91 bits per heavy atom. The molecule has 1 aromatic rings. The van der Waals surface area contributed by atoms with Gasteiger partial charge in [0.15, 0.2) is 0 Å². The van der Waals surface area contributed by atoms with Crippen LogP contribution in [0.5, 0.6) is 0 Å². The predicted octanol–water partition coefficient (Wildman–Crippen LogP) is 1.02. The Balaban J connectivity index is 1.59. The average molecular weight is 321 g/mol. The number of amides is 1. The van der Waals surface area contributed by atoms with Gasteiger partial charge in [-0.2, -0.15) is 0 Å². The van der Waals surface area contributed by atoms with Gasteiger partial charge < -0.3 is 19.8 Å². The van der Waals surface area contributed by atoms with Crippen LogP contribution in [0.1, 0.15) is 30.8 Å². The van der Waals surface area contributed by atoms with E-state index < -0.39 is 0 Å². The highest BCUT2D eigenvalue weighted by molar-refractivity contribution is 5.75. The molecule has 23 heavy (non-hydrogen) atoms. The highest BCUT2D eigenvalue weighted by atomic mass is 16.5. The van der Waals surface area contributed by atoms with E-state index in [0.29, 0.717) is 19.0 Å². The van der Waals surface area contributed by atoms with Crippen molar-refractivity contribution in [2.45, 2.75) is 31.9 Å². The Bertz CT molecular complexity index is 545. The number of rotatable bonds is 7. The Morgan fingerprint density at radius 2 is 2.26 bits per heavy atom. The van der Waals surface area contributed by atoms with Gasteiger partial charge >= 0.3 is 0 Å². The lowest BCUT2D eigenvalue weighted by molar-refractivity contribution is -0.120. The molecule has 2 heterocycles. The van der Waals surface area contributed by atoms with Gasteiger partial charge in [0.2, 0.25) is 5.91 Å². The number of nitrogens with zero attached hydrogens (tertiary/aromatic N) is 2. The van der Waals surface area contributed by atoms with Crippen LogP contribution in [0.15, 0.2) is 16.5 Å². The molecule has 0 bridgehead atoms. The van der Waals surface area contributed by atoms with Crippen LogP contribution in [0.2, 0.25) is 0 Å². The molecule has 128 valence electrons. The smallest absolute Gasteiger partial charge is 0.231 e. The minimum atomic E-state index is -0.322. The molecule has 0 spiro atoms. The number of furan rings is 1. The maximum absolute atomic E-state index is 11.4. The summed E-state index contributed by atoms with van der Waals surface area (Å²) in [4.78, 5) is 15.6. The summed E-state index contributed by atoms with van der Waals surface area (Å²) in [5, 5.41) is 0. The van der Waals surface area contributed by atoms with Crippen LogP contribution in [-0.2, 0) is 16.1 Å². The second-order valence-electron chi connectivity index (χ2n) is 7.01. The normalized spacial score (nSPS) is 28.2. The zero-order valence-corrected chi connectivity index (χ0v) is 14.0. The Morgan fingerprint density at radius 1 is 1.48 bits per heavy atom. The second kappa shape index (κ2) is 7.03. The summed E-state index contributed by atoms with van der Waals surface area (Å²) in [5.74, 6) is 2.94. The van der Waals surface area contributed by atoms with Gasteiger partial charge in [-0.15, -0.1) is 0 Å². The first-order valence-corrected chi connectivity index (χ1v) is 8.40. The summed E-state index contributed by atoms with van der Waals surface area (Å²) in [6.45, 7) is 6.29. The first-order chi connectivity index (χ1) is 11.0. The molecule has 6 nitrogen and oxygen atoms in total. The van der Waals surface area contributed by atoms with E-state index in [-0.39, 0.29) is 18.6 Å². The van der Waals surface area contributed by atoms with Crippen LogP contribution in [0.4, 0.5) is 0 Å². The van der Waals surface area contributed by atoms with E-state index in [1.165, 1.54) is 6.42 Å². The lowest BCUT2D eigenvalue weighted by atomic mass is 10.2. The Hall–Kier alpha value is -1.37. The van der Waals surface area contributed by atoms with Crippen molar-refractivity contribution in [1.82, 2.24) is 9.80 Å². The van der Waals surface area contributed by atoms with E-state index >= 15 is 0 Å². The summed E-state index contributed by atoms with van der Waals surface area (Å²) in [6, 6.07) is 4.08. The van der Waals surface area contributed by atoms with Crippen molar-refractivity contribution in [3.05, 3.63) is 23.7 Å². The van der Waals surface area contributed by atoms with E-state index in [9.17, 15) is 4.79 Å². The molecule has 1 amide bonds. The van der Waals surface area contributed by atoms with Crippen LogP contribution in [-0.4, -0.2) is 61.6 Å². The van der Waals surface area contributed by atoms with Crippen molar-refractivity contribution in [2.24, 2.45) is 11.7 Å². The predicted molar refractivity (Wildman–Crippen MR) is 86.9 cm³/mol. The molecule has 0 unspecified atom stereocenters. The topological polar surface area (TPSA) is 71.9 Å².